The highest BCUT2D eigenvalue weighted by Crippen LogP contribution is 2.22. The molecule has 1 atom stereocenters. The third kappa shape index (κ3) is 4.42. The van der Waals surface area contributed by atoms with Crippen LogP contribution in [0.4, 0.5) is 0 Å². The molecule has 2 heteroatoms. The van der Waals surface area contributed by atoms with Gasteiger partial charge in [0.05, 0.1) is 12.6 Å². The van der Waals surface area contributed by atoms with Crippen LogP contribution in [-0.4, -0.2) is 11.7 Å². The summed E-state index contributed by atoms with van der Waals surface area (Å²) >= 11 is 0. The van der Waals surface area contributed by atoms with E-state index in [2.05, 4.69) is 50.4 Å². The first-order valence-corrected chi connectivity index (χ1v) is 7.49. The summed E-state index contributed by atoms with van der Waals surface area (Å²) in [4.78, 5) is 0. The Bertz CT molecular complexity index is 540. The summed E-state index contributed by atoms with van der Waals surface area (Å²) in [5.74, 6) is 0. The van der Waals surface area contributed by atoms with Crippen molar-refractivity contribution >= 4 is 0 Å². The van der Waals surface area contributed by atoms with Crippen LogP contribution in [0.2, 0.25) is 0 Å². The minimum absolute atomic E-state index is 0.0199. The summed E-state index contributed by atoms with van der Waals surface area (Å²) in [5.41, 5.74) is 3.88. The second kappa shape index (κ2) is 6.88. The van der Waals surface area contributed by atoms with Gasteiger partial charge in [-0.05, 0) is 22.1 Å². The summed E-state index contributed by atoms with van der Waals surface area (Å²) in [7, 11) is 0. The number of aliphatic hydroxyl groups excluding tert-OH is 1. The summed E-state index contributed by atoms with van der Waals surface area (Å²) in [5, 5.41) is 13.0. The summed E-state index contributed by atoms with van der Waals surface area (Å²) in [6.45, 7) is 7.51. The Morgan fingerprint density at radius 1 is 0.952 bits per heavy atom. The molecule has 0 bridgehead atoms. The van der Waals surface area contributed by atoms with Gasteiger partial charge in [0.15, 0.2) is 0 Å². The molecule has 0 saturated carbocycles. The van der Waals surface area contributed by atoms with Gasteiger partial charge in [0.2, 0.25) is 0 Å². The van der Waals surface area contributed by atoms with Gasteiger partial charge in [0, 0.05) is 6.54 Å². The molecule has 0 spiro atoms. The van der Waals surface area contributed by atoms with Gasteiger partial charge in [-0.1, -0.05) is 75.4 Å². The van der Waals surface area contributed by atoms with Gasteiger partial charge >= 0.3 is 0 Å². The smallest absolute Gasteiger partial charge is 0.0626 e. The van der Waals surface area contributed by atoms with Crippen molar-refractivity contribution in [3.8, 4) is 0 Å². The lowest BCUT2D eigenvalue weighted by molar-refractivity contribution is 0.243. The van der Waals surface area contributed by atoms with E-state index >= 15 is 0 Å². The minimum Gasteiger partial charge on any atom is -0.394 e. The van der Waals surface area contributed by atoms with E-state index in [1.54, 1.807) is 0 Å². The monoisotopic (exact) mass is 283 g/mol. The maximum absolute atomic E-state index is 9.55. The zero-order valence-corrected chi connectivity index (χ0v) is 13.1. The van der Waals surface area contributed by atoms with Crippen LogP contribution in [0.25, 0.3) is 0 Å². The van der Waals surface area contributed by atoms with Gasteiger partial charge in [-0.25, -0.2) is 0 Å². The Morgan fingerprint density at radius 2 is 1.57 bits per heavy atom. The second-order valence-corrected chi connectivity index (χ2v) is 6.47. The number of nitrogens with one attached hydrogen (secondary N) is 1. The molecule has 112 valence electrons. The Kier molecular flexibility index (Phi) is 5.16. The fraction of sp³-hybridized carbons (Fsp3) is 0.368. The minimum atomic E-state index is -0.0199. The summed E-state index contributed by atoms with van der Waals surface area (Å²) in [6, 6.07) is 18.7. The molecule has 0 aliphatic carbocycles. The second-order valence-electron chi connectivity index (χ2n) is 6.47. The SMILES string of the molecule is CC(C)(C)c1ccc(CNC(CO)c2ccccc2)cc1. The van der Waals surface area contributed by atoms with Crippen LogP contribution in [0.15, 0.2) is 54.6 Å². The van der Waals surface area contributed by atoms with Gasteiger partial charge in [-0.15, -0.1) is 0 Å². The van der Waals surface area contributed by atoms with E-state index in [1.807, 2.05) is 30.3 Å². The van der Waals surface area contributed by atoms with Gasteiger partial charge < -0.3 is 10.4 Å². The van der Waals surface area contributed by atoms with Crippen molar-refractivity contribution in [3.63, 3.8) is 0 Å². The Balaban J connectivity index is 1.99. The van der Waals surface area contributed by atoms with Gasteiger partial charge in [0.25, 0.3) is 0 Å². The lowest BCUT2D eigenvalue weighted by Crippen LogP contribution is -2.24. The fourth-order valence-corrected chi connectivity index (χ4v) is 2.34. The molecule has 2 rings (SSSR count). The van der Waals surface area contributed by atoms with E-state index in [0.29, 0.717) is 0 Å². The van der Waals surface area contributed by atoms with Crippen LogP contribution in [0, 0.1) is 0 Å². The van der Waals surface area contributed by atoms with Crippen molar-refractivity contribution in [3.05, 3.63) is 71.3 Å². The molecule has 1 unspecified atom stereocenters. The molecule has 0 aliphatic rings. The molecule has 0 aromatic heterocycles. The van der Waals surface area contributed by atoms with E-state index in [1.165, 1.54) is 11.1 Å². The quantitative estimate of drug-likeness (QED) is 0.874. The first-order valence-electron chi connectivity index (χ1n) is 7.49. The number of hydrogen-bond donors (Lipinski definition) is 2. The van der Waals surface area contributed by atoms with Crippen molar-refractivity contribution in [2.24, 2.45) is 0 Å². The van der Waals surface area contributed by atoms with E-state index in [0.717, 1.165) is 12.1 Å². The highest BCUT2D eigenvalue weighted by Gasteiger charge is 2.13. The third-order valence-corrected chi connectivity index (χ3v) is 3.76. The Labute approximate surface area is 127 Å². The van der Waals surface area contributed by atoms with Crippen LogP contribution in [0.1, 0.15) is 43.5 Å². The third-order valence-electron chi connectivity index (χ3n) is 3.76. The normalized spacial score (nSPS) is 13.1. The average molecular weight is 283 g/mol. The molecular formula is C19H25NO. The van der Waals surface area contributed by atoms with Crippen LogP contribution in [-0.2, 0) is 12.0 Å². The molecule has 2 N–H and O–H groups in total. The van der Waals surface area contributed by atoms with Crippen molar-refractivity contribution in [2.45, 2.75) is 38.8 Å². The first kappa shape index (κ1) is 15.7. The highest BCUT2D eigenvalue weighted by atomic mass is 16.3. The topological polar surface area (TPSA) is 32.3 Å². The van der Waals surface area contributed by atoms with Gasteiger partial charge in [-0.2, -0.15) is 0 Å². The van der Waals surface area contributed by atoms with Crippen molar-refractivity contribution in [1.29, 1.82) is 0 Å². The van der Waals surface area contributed by atoms with E-state index in [4.69, 9.17) is 0 Å². The standard InChI is InChI=1S/C19H25NO/c1-19(2,3)17-11-9-15(10-12-17)13-20-18(14-21)16-7-5-4-6-8-16/h4-12,18,20-21H,13-14H2,1-3H3. The van der Waals surface area contributed by atoms with E-state index in [9.17, 15) is 5.11 Å². The van der Waals surface area contributed by atoms with Crippen LogP contribution in [0.3, 0.4) is 0 Å². The molecule has 0 heterocycles. The highest BCUT2D eigenvalue weighted by molar-refractivity contribution is 5.27. The van der Waals surface area contributed by atoms with E-state index < -0.39 is 0 Å². The number of hydrogen-bond acceptors (Lipinski definition) is 2. The molecule has 2 nitrogen and oxygen atoms in total. The number of aliphatic hydroxyl groups is 1. The molecule has 2 aromatic rings. The molecule has 0 amide bonds. The van der Waals surface area contributed by atoms with Crippen LogP contribution < -0.4 is 5.32 Å². The molecule has 0 aliphatic heterocycles. The Morgan fingerprint density at radius 3 is 2.10 bits per heavy atom. The number of rotatable bonds is 5. The zero-order chi connectivity index (χ0) is 15.3. The molecule has 2 aromatic carbocycles. The van der Waals surface area contributed by atoms with E-state index in [-0.39, 0.29) is 18.1 Å². The Hall–Kier alpha value is -1.64. The maximum atomic E-state index is 9.55. The zero-order valence-electron chi connectivity index (χ0n) is 13.1. The van der Waals surface area contributed by atoms with Crippen LogP contribution >= 0.6 is 0 Å². The molecule has 0 saturated heterocycles. The van der Waals surface area contributed by atoms with Gasteiger partial charge in [-0.3, -0.25) is 0 Å². The van der Waals surface area contributed by atoms with Gasteiger partial charge in [0.1, 0.15) is 0 Å². The largest absolute Gasteiger partial charge is 0.394 e. The lowest BCUT2D eigenvalue weighted by atomic mass is 9.87. The first-order chi connectivity index (χ1) is 10.0. The lowest BCUT2D eigenvalue weighted by Gasteiger charge is -2.20. The predicted molar refractivity (Wildman–Crippen MR) is 88.3 cm³/mol. The summed E-state index contributed by atoms with van der Waals surface area (Å²) < 4.78 is 0. The maximum Gasteiger partial charge on any atom is 0.0626 e. The van der Waals surface area contributed by atoms with Crippen molar-refractivity contribution < 1.29 is 5.11 Å². The predicted octanol–water partition coefficient (Wildman–Crippen LogP) is 3.81. The van der Waals surface area contributed by atoms with Crippen molar-refractivity contribution in [2.75, 3.05) is 6.61 Å². The van der Waals surface area contributed by atoms with Crippen molar-refractivity contribution in [1.82, 2.24) is 5.32 Å². The molecular weight excluding hydrogens is 258 g/mol. The molecule has 0 fully saturated rings. The average Bonchev–Trinajstić information content (AvgIpc) is 2.48. The molecule has 0 radical (unpaired) electrons. The van der Waals surface area contributed by atoms with Crippen LogP contribution in [0.5, 0.6) is 0 Å². The summed E-state index contributed by atoms with van der Waals surface area (Å²) in [6.07, 6.45) is 0. The molecule has 21 heavy (non-hydrogen) atoms. The number of benzene rings is 2. The fourth-order valence-electron chi connectivity index (χ4n) is 2.34.